The van der Waals surface area contributed by atoms with Crippen molar-refractivity contribution in [1.29, 1.82) is 0 Å². The van der Waals surface area contributed by atoms with Crippen molar-refractivity contribution < 1.29 is 14.3 Å². The number of carbonyl (C=O) groups excluding carboxylic acids is 1. The van der Waals surface area contributed by atoms with E-state index < -0.39 is 6.09 Å². The number of rotatable bonds is 4. The van der Waals surface area contributed by atoms with E-state index in [1.54, 1.807) is 6.20 Å². The van der Waals surface area contributed by atoms with Gasteiger partial charge in [0, 0.05) is 12.8 Å². The summed E-state index contributed by atoms with van der Waals surface area (Å²) >= 11 is 0. The Bertz CT molecular complexity index is 740. The molecule has 1 amide bonds. The van der Waals surface area contributed by atoms with Crippen LogP contribution in [0.2, 0.25) is 0 Å². The van der Waals surface area contributed by atoms with Crippen LogP contribution in [0.1, 0.15) is 36.6 Å². The van der Waals surface area contributed by atoms with Crippen molar-refractivity contribution in [3.8, 4) is 11.8 Å². The molecule has 1 aliphatic rings. The van der Waals surface area contributed by atoms with Crippen LogP contribution in [-0.4, -0.2) is 29.0 Å². The van der Waals surface area contributed by atoms with Crippen molar-refractivity contribution in [2.75, 3.05) is 13.2 Å². The van der Waals surface area contributed by atoms with Gasteiger partial charge in [0.2, 0.25) is 0 Å². The van der Waals surface area contributed by atoms with Crippen LogP contribution >= 0.6 is 0 Å². The van der Waals surface area contributed by atoms with Gasteiger partial charge in [0.25, 0.3) is 0 Å². The second kappa shape index (κ2) is 8.90. The maximum absolute atomic E-state index is 11.6. The lowest BCUT2D eigenvalue weighted by molar-refractivity contribution is -0.0395. The monoisotopic (exact) mass is 339 g/mol. The largest absolute Gasteiger partial charge is 0.445 e. The molecule has 2 aromatic rings. The minimum absolute atomic E-state index is 0.00962. The molecular formula is C19H21N3O3. The fourth-order valence-electron chi connectivity index (χ4n) is 2.53. The molecule has 0 unspecified atom stereocenters. The van der Waals surface area contributed by atoms with Crippen LogP contribution in [-0.2, 0) is 16.1 Å². The third-order valence-corrected chi connectivity index (χ3v) is 3.82. The van der Waals surface area contributed by atoms with Crippen LogP contribution in [0, 0.1) is 11.8 Å². The lowest BCUT2D eigenvalue weighted by Crippen LogP contribution is -2.24. The molecule has 1 aromatic carbocycles. The van der Waals surface area contributed by atoms with Crippen LogP contribution in [0.3, 0.4) is 0 Å². The maximum Gasteiger partial charge on any atom is 0.408 e. The molecule has 2 heterocycles. The molecule has 0 spiro atoms. The van der Waals surface area contributed by atoms with Gasteiger partial charge in [-0.05, 0) is 24.8 Å². The van der Waals surface area contributed by atoms with Crippen molar-refractivity contribution in [2.45, 2.75) is 32.1 Å². The van der Waals surface area contributed by atoms with Crippen LogP contribution in [0.4, 0.5) is 4.79 Å². The Labute approximate surface area is 147 Å². The lowest BCUT2D eigenvalue weighted by atomic mass is 10.2. The lowest BCUT2D eigenvalue weighted by Gasteiger charge is -2.22. The molecule has 6 nitrogen and oxygen atoms in total. The van der Waals surface area contributed by atoms with Crippen molar-refractivity contribution in [1.82, 2.24) is 15.1 Å². The first kappa shape index (κ1) is 17.1. The number of hydrogen-bond donors (Lipinski definition) is 1. The van der Waals surface area contributed by atoms with Crippen molar-refractivity contribution in [3.63, 3.8) is 0 Å². The number of hydrogen-bond acceptors (Lipinski definition) is 4. The summed E-state index contributed by atoms with van der Waals surface area (Å²) in [6, 6.07) is 9.53. The minimum Gasteiger partial charge on any atom is -0.445 e. The summed E-state index contributed by atoms with van der Waals surface area (Å²) in [4.78, 5) is 11.6. The molecule has 130 valence electrons. The predicted octanol–water partition coefficient (Wildman–Crippen LogP) is 2.86. The number of amides is 1. The minimum atomic E-state index is -0.482. The number of alkyl carbamates (subject to hydrolysis) is 1. The van der Waals surface area contributed by atoms with Crippen molar-refractivity contribution >= 4 is 6.09 Å². The molecule has 1 atom stereocenters. The van der Waals surface area contributed by atoms with Gasteiger partial charge < -0.3 is 14.8 Å². The zero-order valence-electron chi connectivity index (χ0n) is 14.0. The summed E-state index contributed by atoms with van der Waals surface area (Å²) in [5.74, 6) is 5.87. The first-order chi connectivity index (χ1) is 12.3. The molecule has 1 aliphatic heterocycles. The van der Waals surface area contributed by atoms with Crippen LogP contribution in [0.15, 0.2) is 42.7 Å². The van der Waals surface area contributed by atoms with E-state index in [4.69, 9.17) is 9.47 Å². The molecule has 1 N–H and O–H groups in total. The van der Waals surface area contributed by atoms with E-state index in [1.165, 1.54) is 0 Å². The van der Waals surface area contributed by atoms with Gasteiger partial charge in [-0.2, -0.15) is 5.10 Å². The SMILES string of the molecule is O=C(NCC#Cc1cnn([C@@H]2CCCCO2)c1)OCc1ccccc1. The van der Waals surface area contributed by atoms with Gasteiger partial charge >= 0.3 is 6.09 Å². The number of carbonyl (C=O) groups is 1. The van der Waals surface area contributed by atoms with Gasteiger partial charge in [-0.25, -0.2) is 9.48 Å². The third kappa shape index (κ3) is 5.37. The molecule has 0 saturated carbocycles. The summed E-state index contributed by atoms with van der Waals surface area (Å²) in [7, 11) is 0. The third-order valence-electron chi connectivity index (χ3n) is 3.82. The highest BCUT2D eigenvalue weighted by atomic mass is 16.5. The molecule has 0 radical (unpaired) electrons. The standard InChI is InChI=1S/C19H21N3O3/c23-19(25-15-16-7-2-1-3-8-16)20-11-6-9-17-13-21-22(14-17)18-10-4-5-12-24-18/h1-3,7-8,13-14,18H,4-5,10-12,15H2,(H,20,23)/t18-/m0/s1. The Hall–Kier alpha value is -2.78. The number of nitrogens with zero attached hydrogens (tertiary/aromatic N) is 2. The molecule has 1 saturated heterocycles. The second-order valence-electron chi connectivity index (χ2n) is 5.75. The van der Waals surface area contributed by atoms with Crippen LogP contribution in [0.25, 0.3) is 0 Å². The molecule has 1 fully saturated rings. The summed E-state index contributed by atoms with van der Waals surface area (Å²) in [5, 5.41) is 6.90. The van der Waals surface area contributed by atoms with Gasteiger partial charge in [0.05, 0.1) is 18.3 Å². The summed E-state index contributed by atoms with van der Waals surface area (Å²) in [6.45, 7) is 1.24. The normalized spacial score (nSPS) is 16.6. The molecular weight excluding hydrogens is 318 g/mol. The Balaban J connectivity index is 1.40. The van der Waals surface area contributed by atoms with E-state index in [9.17, 15) is 4.79 Å². The number of benzene rings is 1. The molecule has 1 aromatic heterocycles. The molecule has 0 aliphatic carbocycles. The topological polar surface area (TPSA) is 65.4 Å². The zero-order valence-corrected chi connectivity index (χ0v) is 14.0. The van der Waals surface area contributed by atoms with E-state index >= 15 is 0 Å². The Kier molecular flexibility index (Phi) is 6.07. The Morgan fingerprint density at radius 3 is 3.04 bits per heavy atom. The maximum atomic E-state index is 11.6. The smallest absolute Gasteiger partial charge is 0.408 e. The Morgan fingerprint density at radius 1 is 1.36 bits per heavy atom. The number of aromatic nitrogens is 2. The highest BCUT2D eigenvalue weighted by Crippen LogP contribution is 2.21. The zero-order chi connectivity index (χ0) is 17.3. The van der Waals surface area contributed by atoms with Gasteiger partial charge in [0.15, 0.2) is 0 Å². The fourth-order valence-corrected chi connectivity index (χ4v) is 2.53. The fraction of sp³-hybridized carbons (Fsp3) is 0.368. The average Bonchev–Trinajstić information content (AvgIpc) is 3.14. The van der Waals surface area contributed by atoms with Crippen molar-refractivity contribution in [2.24, 2.45) is 0 Å². The van der Waals surface area contributed by atoms with Crippen LogP contribution < -0.4 is 5.32 Å². The predicted molar refractivity (Wildman–Crippen MR) is 92.6 cm³/mol. The first-order valence-electron chi connectivity index (χ1n) is 8.40. The van der Waals surface area contributed by atoms with Crippen molar-refractivity contribution in [3.05, 3.63) is 53.9 Å². The van der Waals surface area contributed by atoms with Gasteiger partial charge in [-0.15, -0.1) is 0 Å². The molecule has 6 heteroatoms. The van der Waals surface area contributed by atoms with Gasteiger partial charge in [-0.3, -0.25) is 0 Å². The van der Waals surface area contributed by atoms with E-state index in [1.807, 2.05) is 41.2 Å². The summed E-state index contributed by atoms with van der Waals surface area (Å²) in [5.41, 5.74) is 1.75. The first-order valence-corrected chi connectivity index (χ1v) is 8.40. The highest BCUT2D eigenvalue weighted by Gasteiger charge is 2.15. The number of nitrogens with one attached hydrogen (secondary N) is 1. The van der Waals surface area contributed by atoms with E-state index in [-0.39, 0.29) is 19.4 Å². The molecule has 25 heavy (non-hydrogen) atoms. The molecule has 0 bridgehead atoms. The summed E-state index contributed by atoms with van der Waals surface area (Å²) < 4.78 is 12.6. The van der Waals surface area contributed by atoms with E-state index in [0.717, 1.165) is 37.0 Å². The van der Waals surface area contributed by atoms with Gasteiger partial charge in [0.1, 0.15) is 12.8 Å². The Morgan fingerprint density at radius 2 is 2.24 bits per heavy atom. The van der Waals surface area contributed by atoms with Crippen LogP contribution in [0.5, 0.6) is 0 Å². The molecule has 3 rings (SSSR count). The second-order valence-corrected chi connectivity index (χ2v) is 5.75. The average molecular weight is 339 g/mol. The van der Waals surface area contributed by atoms with E-state index in [2.05, 4.69) is 22.3 Å². The van der Waals surface area contributed by atoms with Gasteiger partial charge in [-0.1, -0.05) is 42.2 Å². The highest BCUT2D eigenvalue weighted by molar-refractivity contribution is 5.67. The van der Waals surface area contributed by atoms with E-state index in [0.29, 0.717) is 0 Å². The summed E-state index contributed by atoms with van der Waals surface area (Å²) in [6.07, 6.45) is 6.34. The number of ether oxygens (including phenoxy) is 2. The quantitative estimate of drug-likeness (QED) is 0.870.